The summed E-state index contributed by atoms with van der Waals surface area (Å²) in [5.41, 5.74) is 0. The predicted molar refractivity (Wildman–Crippen MR) is 102 cm³/mol. The topological polar surface area (TPSA) is 42.0 Å². The van der Waals surface area contributed by atoms with E-state index in [4.69, 9.17) is 9.47 Å². The Hall–Kier alpha value is -1.59. The maximum absolute atomic E-state index is 12.4. The minimum Gasteiger partial charge on any atom is -0.494 e. The Morgan fingerprint density at radius 2 is 1.85 bits per heavy atom. The molecule has 0 aromatic heterocycles. The van der Waals surface area contributed by atoms with Crippen LogP contribution in [0.1, 0.15) is 32.6 Å². The van der Waals surface area contributed by atoms with Crippen LogP contribution in [0.25, 0.3) is 0 Å². The van der Waals surface area contributed by atoms with E-state index in [9.17, 15) is 4.79 Å². The molecule has 2 fully saturated rings. The van der Waals surface area contributed by atoms with Crippen LogP contribution < -0.4 is 4.74 Å². The van der Waals surface area contributed by atoms with Crippen LogP contribution in [0.5, 0.6) is 5.75 Å². The number of ether oxygens (including phenoxy) is 2. The summed E-state index contributed by atoms with van der Waals surface area (Å²) in [6.45, 7) is 8.53. The molecular weight excluding hydrogens is 328 g/mol. The summed E-state index contributed by atoms with van der Waals surface area (Å²) < 4.78 is 11.1. The Morgan fingerprint density at radius 1 is 1.15 bits per heavy atom. The highest BCUT2D eigenvalue weighted by molar-refractivity contribution is 5.76. The van der Waals surface area contributed by atoms with E-state index in [1.165, 1.54) is 0 Å². The fourth-order valence-electron chi connectivity index (χ4n) is 4.00. The summed E-state index contributed by atoms with van der Waals surface area (Å²) in [5.74, 6) is 1.84. The summed E-state index contributed by atoms with van der Waals surface area (Å²) in [5, 5.41) is 0. The number of likely N-dealkylation sites (tertiary alicyclic amines) is 1. The SMILES string of the molecule is CC(C1CCN(C(=O)CCCOc2ccccc2)CC1)N1CCOCC1. The molecule has 5 nitrogen and oxygen atoms in total. The van der Waals surface area contributed by atoms with Gasteiger partial charge in [-0.25, -0.2) is 0 Å². The summed E-state index contributed by atoms with van der Waals surface area (Å²) in [6, 6.07) is 10.4. The number of nitrogens with zero attached hydrogens (tertiary/aromatic N) is 2. The number of benzene rings is 1. The molecule has 1 amide bonds. The lowest BCUT2D eigenvalue weighted by Gasteiger charge is -2.41. The summed E-state index contributed by atoms with van der Waals surface area (Å²) in [6.07, 6.45) is 3.59. The van der Waals surface area contributed by atoms with Crippen molar-refractivity contribution in [2.45, 2.75) is 38.6 Å². The third-order valence-corrected chi connectivity index (χ3v) is 5.74. The Morgan fingerprint density at radius 3 is 2.54 bits per heavy atom. The second kappa shape index (κ2) is 9.93. The van der Waals surface area contributed by atoms with Gasteiger partial charge in [-0.3, -0.25) is 9.69 Å². The first-order chi connectivity index (χ1) is 12.7. The third-order valence-electron chi connectivity index (χ3n) is 5.74. The molecule has 0 saturated carbocycles. The average molecular weight is 360 g/mol. The van der Waals surface area contributed by atoms with Gasteiger partial charge in [-0.2, -0.15) is 0 Å². The van der Waals surface area contributed by atoms with Gasteiger partial charge >= 0.3 is 0 Å². The molecule has 0 aliphatic carbocycles. The Bertz CT molecular complexity index is 537. The lowest BCUT2D eigenvalue weighted by Crippen LogP contribution is -2.49. The van der Waals surface area contributed by atoms with Crippen molar-refractivity contribution in [1.82, 2.24) is 9.80 Å². The van der Waals surface area contributed by atoms with Crippen LogP contribution >= 0.6 is 0 Å². The van der Waals surface area contributed by atoms with Gasteiger partial charge in [0.25, 0.3) is 0 Å². The smallest absolute Gasteiger partial charge is 0.222 e. The van der Waals surface area contributed by atoms with Gasteiger partial charge in [-0.15, -0.1) is 0 Å². The van der Waals surface area contributed by atoms with Crippen molar-refractivity contribution in [3.63, 3.8) is 0 Å². The molecule has 26 heavy (non-hydrogen) atoms. The van der Waals surface area contributed by atoms with E-state index in [1.54, 1.807) is 0 Å². The first-order valence-electron chi connectivity index (χ1n) is 10.0. The highest BCUT2D eigenvalue weighted by Crippen LogP contribution is 2.25. The minimum atomic E-state index is 0.277. The van der Waals surface area contributed by atoms with Crippen molar-refractivity contribution in [2.75, 3.05) is 46.0 Å². The molecule has 144 valence electrons. The first kappa shape index (κ1) is 19.2. The standard InChI is InChI=1S/C21H32N2O3/c1-18(22-13-16-25-17-14-22)19-9-11-23(12-10-19)21(24)8-5-15-26-20-6-3-2-4-7-20/h2-4,6-7,18-19H,5,8-17H2,1H3. The van der Waals surface area contributed by atoms with Crippen LogP contribution in [0.2, 0.25) is 0 Å². The van der Waals surface area contributed by atoms with Gasteiger partial charge in [0, 0.05) is 38.6 Å². The fourth-order valence-corrected chi connectivity index (χ4v) is 4.00. The molecule has 1 atom stereocenters. The molecular formula is C21H32N2O3. The van der Waals surface area contributed by atoms with Crippen molar-refractivity contribution >= 4 is 5.91 Å². The Balaban J connectivity index is 1.33. The lowest BCUT2D eigenvalue weighted by molar-refractivity contribution is -0.133. The van der Waals surface area contributed by atoms with E-state index in [2.05, 4.69) is 11.8 Å². The number of morpholine rings is 1. The maximum Gasteiger partial charge on any atom is 0.222 e. The van der Waals surface area contributed by atoms with Crippen molar-refractivity contribution in [2.24, 2.45) is 5.92 Å². The molecule has 2 aliphatic rings. The second-order valence-electron chi connectivity index (χ2n) is 7.37. The Kier molecular flexibility index (Phi) is 7.32. The second-order valence-corrected chi connectivity index (χ2v) is 7.37. The van der Waals surface area contributed by atoms with Gasteiger partial charge in [-0.05, 0) is 44.2 Å². The zero-order valence-corrected chi connectivity index (χ0v) is 15.9. The van der Waals surface area contributed by atoms with Gasteiger partial charge in [0.1, 0.15) is 5.75 Å². The van der Waals surface area contributed by atoms with Gasteiger partial charge < -0.3 is 14.4 Å². The highest BCUT2D eigenvalue weighted by atomic mass is 16.5. The van der Waals surface area contributed by atoms with E-state index in [1.807, 2.05) is 35.2 Å². The summed E-state index contributed by atoms with van der Waals surface area (Å²) >= 11 is 0. The lowest BCUT2D eigenvalue weighted by atomic mass is 9.89. The van der Waals surface area contributed by atoms with Gasteiger partial charge in [0.05, 0.1) is 19.8 Å². The molecule has 2 aliphatic heterocycles. The number of rotatable bonds is 7. The van der Waals surface area contributed by atoms with Crippen LogP contribution in [-0.4, -0.2) is 67.7 Å². The quantitative estimate of drug-likeness (QED) is 0.701. The third kappa shape index (κ3) is 5.45. The number of hydrogen-bond donors (Lipinski definition) is 0. The zero-order valence-electron chi connectivity index (χ0n) is 15.9. The van der Waals surface area contributed by atoms with Crippen molar-refractivity contribution in [3.8, 4) is 5.75 Å². The van der Waals surface area contributed by atoms with E-state index in [-0.39, 0.29) is 5.91 Å². The molecule has 0 N–H and O–H groups in total. The zero-order chi connectivity index (χ0) is 18.2. The van der Waals surface area contributed by atoms with E-state index in [0.29, 0.717) is 25.0 Å². The van der Waals surface area contributed by atoms with Crippen molar-refractivity contribution in [3.05, 3.63) is 30.3 Å². The van der Waals surface area contributed by atoms with Gasteiger partial charge in [-0.1, -0.05) is 18.2 Å². The molecule has 2 heterocycles. The van der Waals surface area contributed by atoms with Gasteiger partial charge in [0.2, 0.25) is 5.91 Å². The van der Waals surface area contributed by atoms with E-state index >= 15 is 0 Å². The molecule has 0 radical (unpaired) electrons. The van der Waals surface area contributed by atoms with Crippen LogP contribution in [0.15, 0.2) is 30.3 Å². The van der Waals surface area contributed by atoms with Crippen LogP contribution in [-0.2, 0) is 9.53 Å². The maximum atomic E-state index is 12.4. The summed E-state index contributed by atoms with van der Waals surface area (Å²) in [7, 11) is 0. The van der Waals surface area contributed by atoms with Crippen molar-refractivity contribution in [1.29, 1.82) is 0 Å². The molecule has 1 aromatic carbocycles. The number of piperidine rings is 1. The van der Waals surface area contributed by atoms with Crippen LogP contribution in [0, 0.1) is 5.92 Å². The van der Waals surface area contributed by atoms with Gasteiger partial charge in [0.15, 0.2) is 0 Å². The minimum absolute atomic E-state index is 0.277. The average Bonchev–Trinajstić information content (AvgIpc) is 2.72. The van der Waals surface area contributed by atoms with Crippen LogP contribution in [0.3, 0.4) is 0 Å². The molecule has 2 saturated heterocycles. The first-order valence-corrected chi connectivity index (χ1v) is 10.0. The number of carbonyl (C=O) groups excluding carboxylic acids is 1. The normalized spacial score (nSPS) is 20.7. The fraction of sp³-hybridized carbons (Fsp3) is 0.667. The van der Waals surface area contributed by atoms with E-state index < -0.39 is 0 Å². The molecule has 1 aromatic rings. The predicted octanol–water partition coefficient (Wildman–Crippen LogP) is 2.80. The van der Waals surface area contributed by atoms with E-state index in [0.717, 1.165) is 64.4 Å². The highest BCUT2D eigenvalue weighted by Gasteiger charge is 2.29. The number of para-hydroxylation sites is 1. The number of hydrogen-bond acceptors (Lipinski definition) is 4. The van der Waals surface area contributed by atoms with Crippen LogP contribution in [0.4, 0.5) is 0 Å². The summed E-state index contributed by atoms with van der Waals surface area (Å²) in [4.78, 5) is 17.0. The molecule has 3 rings (SSSR count). The number of amides is 1. The largest absolute Gasteiger partial charge is 0.494 e. The molecule has 5 heteroatoms. The molecule has 0 bridgehead atoms. The molecule has 0 spiro atoms. The van der Waals surface area contributed by atoms with Crippen molar-refractivity contribution < 1.29 is 14.3 Å². The Labute approximate surface area is 157 Å². The monoisotopic (exact) mass is 360 g/mol. The number of carbonyl (C=O) groups is 1. The molecule has 1 unspecified atom stereocenters.